The summed E-state index contributed by atoms with van der Waals surface area (Å²) in [5.74, 6) is 0.738. The first-order valence-corrected chi connectivity index (χ1v) is 6.53. The summed E-state index contributed by atoms with van der Waals surface area (Å²) in [6.07, 6.45) is 7.52. The van der Waals surface area contributed by atoms with Gasteiger partial charge in [0, 0.05) is 5.71 Å². The zero-order valence-electron chi connectivity index (χ0n) is 11.1. The lowest BCUT2D eigenvalue weighted by molar-refractivity contribution is 0.607. The zero-order valence-corrected chi connectivity index (χ0v) is 11.1. The fraction of sp³-hybridized carbons (Fsp3) is 0.786. The Morgan fingerprint density at radius 1 is 1.33 bits per heavy atom. The first-order valence-electron chi connectivity index (χ1n) is 6.53. The van der Waals surface area contributed by atoms with Crippen molar-refractivity contribution in [3.05, 3.63) is 11.6 Å². The molecule has 0 aromatic heterocycles. The quantitative estimate of drug-likeness (QED) is 0.551. The molecule has 2 rings (SSSR count). The molecule has 1 heteroatoms. The lowest BCUT2D eigenvalue weighted by Crippen LogP contribution is -2.16. The molecule has 1 fully saturated rings. The van der Waals surface area contributed by atoms with Crippen molar-refractivity contribution in [2.24, 2.45) is 10.9 Å². The highest BCUT2D eigenvalue weighted by molar-refractivity contribution is 6.03. The Kier molecular flexibility index (Phi) is 8.35. The van der Waals surface area contributed by atoms with Crippen LogP contribution in [-0.2, 0) is 0 Å². The van der Waals surface area contributed by atoms with Crippen LogP contribution in [0.15, 0.2) is 16.6 Å². The van der Waals surface area contributed by atoms with Gasteiger partial charge in [-0.3, -0.25) is 4.99 Å². The topological polar surface area (TPSA) is 12.4 Å². The summed E-state index contributed by atoms with van der Waals surface area (Å²) in [5, 5.41) is 0. The van der Waals surface area contributed by atoms with Crippen molar-refractivity contribution in [2.45, 2.75) is 60.3 Å². The van der Waals surface area contributed by atoms with Crippen LogP contribution in [0.25, 0.3) is 0 Å². The van der Waals surface area contributed by atoms with Gasteiger partial charge in [0.05, 0.1) is 6.54 Å². The van der Waals surface area contributed by atoms with E-state index in [1.165, 1.54) is 31.4 Å². The molecule has 0 aromatic rings. The van der Waals surface area contributed by atoms with Crippen molar-refractivity contribution in [3.63, 3.8) is 0 Å². The third-order valence-electron chi connectivity index (χ3n) is 2.48. The maximum atomic E-state index is 4.46. The minimum Gasteiger partial charge on any atom is -0.285 e. The summed E-state index contributed by atoms with van der Waals surface area (Å²) in [6, 6.07) is 0. The van der Waals surface area contributed by atoms with Crippen molar-refractivity contribution >= 4 is 5.71 Å². The summed E-state index contributed by atoms with van der Waals surface area (Å²) in [6.45, 7) is 11.5. The van der Waals surface area contributed by atoms with Crippen molar-refractivity contribution in [1.82, 2.24) is 0 Å². The predicted octanol–water partition coefficient (Wildman–Crippen LogP) is 4.63. The molecule has 1 nitrogen and oxygen atoms in total. The summed E-state index contributed by atoms with van der Waals surface area (Å²) >= 11 is 0. The fourth-order valence-corrected chi connectivity index (χ4v) is 1.90. The average Bonchev–Trinajstić information content (AvgIpc) is 2.71. The Morgan fingerprint density at radius 2 is 1.93 bits per heavy atom. The van der Waals surface area contributed by atoms with Crippen LogP contribution < -0.4 is 0 Å². The van der Waals surface area contributed by atoms with Crippen molar-refractivity contribution in [1.29, 1.82) is 0 Å². The van der Waals surface area contributed by atoms with Gasteiger partial charge < -0.3 is 0 Å². The van der Waals surface area contributed by atoms with Crippen LogP contribution in [0.1, 0.15) is 60.3 Å². The normalized spacial score (nSPS) is 22.3. The van der Waals surface area contributed by atoms with Gasteiger partial charge in [0.25, 0.3) is 0 Å². The van der Waals surface area contributed by atoms with Crippen LogP contribution >= 0.6 is 0 Å². The SMILES string of the molecule is CC.CC1CCCC2=CCN=C21.CCC. The van der Waals surface area contributed by atoms with Crippen LogP contribution in [0, 0.1) is 5.92 Å². The van der Waals surface area contributed by atoms with E-state index in [2.05, 4.69) is 31.8 Å². The Hall–Kier alpha value is -0.590. The number of nitrogens with zero attached hydrogens (tertiary/aromatic N) is 1. The average molecular weight is 209 g/mol. The summed E-state index contributed by atoms with van der Waals surface area (Å²) < 4.78 is 0. The molecular weight excluding hydrogens is 182 g/mol. The molecule has 15 heavy (non-hydrogen) atoms. The monoisotopic (exact) mass is 209 g/mol. The van der Waals surface area contributed by atoms with Gasteiger partial charge in [0.2, 0.25) is 0 Å². The Morgan fingerprint density at radius 3 is 2.47 bits per heavy atom. The van der Waals surface area contributed by atoms with E-state index in [0.29, 0.717) is 0 Å². The maximum absolute atomic E-state index is 4.46. The smallest absolute Gasteiger partial charge is 0.0580 e. The number of hydrogen-bond donors (Lipinski definition) is 0. The minimum atomic E-state index is 0.738. The van der Waals surface area contributed by atoms with E-state index >= 15 is 0 Å². The molecule has 1 aliphatic heterocycles. The van der Waals surface area contributed by atoms with Crippen LogP contribution in [0.3, 0.4) is 0 Å². The third kappa shape index (κ3) is 4.63. The van der Waals surface area contributed by atoms with E-state index in [1.54, 1.807) is 5.57 Å². The minimum absolute atomic E-state index is 0.738. The second-order valence-electron chi connectivity index (χ2n) is 3.96. The van der Waals surface area contributed by atoms with E-state index in [0.717, 1.165) is 12.5 Å². The third-order valence-corrected chi connectivity index (χ3v) is 2.48. The predicted molar refractivity (Wildman–Crippen MR) is 70.7 cm³/mol. The fourth-order valence-electron chi connectivity index (χ4n) is 1.90. The molecule has 0 aromatic carbocycles. The van der Waals surface area contributed by atoms with Crippen molar-refractivity contribution in [2.75, 3.05) is 6.54 Å². The van der Waals surface area contributed by atoms with E-state index < -0.39 is 0 Å². The van der Waals surface area contributed by atoms with Crippen molar-refractivity contribution < 1.29 is 0 Å². The first kappa shape index (κ1) is 14.4. The number of allylic oxidation sites excluding steroid dienone is 1. The molecule has 1 atom stereocenters. The number of aliphatic imine (C=N–C) groups is 1. The Balaban J connectivity index is 0.000000342. The van der Waals surface area contributed by atoms with Gasteiger partial charge >= 0.3 is 0 Å². The van der Waals surface area contributed by atoms with Gasteiger partial charge in [0.1, 0.15) is 0 Å². The molecule has 1 unspecified atom stereocenters. The van der Waals surface area contributed by atoms with E-state index in [1.807, 2.05) is 13.8 Å². The Bertz CT molecular complexity index is 213. The molecule has 0 spiro atoms. The van der Waals surface area contributed by atoms with E-state index in [-0.39, 0.29) is 0 Å². The largest absolute Gasteiger partial charge is 0.285 e. The second-order valence-corrected chi connectivity index (χ2v) is 3.96. The molecule has 0 N–H and O–H groups in total. The first-order chi connectivity index (χ1) is 7.29. The summed E-state index contributed by atoms with van der Waals surface area (Å²) in [4.78, 5) is 4.46. The molecule has 1 heterocycles. The van der Waals surface area contributed by atoms with E-state index in [9.17, 15) is 0 Å². The highest BCUT2D eigenvalue weighted by atomic mass is 14.8. The molecule has 0 radical (unpaired) electrons. The van der Waals surface area contributed by atoms with E-state index in [4.69, 9.17) is 0 Å². The van der Waals surface area contributed by atoms with Gasteiger partial charge in [0.15, 0.2) is 0 Å². The molecule has 2 aliphatic rings. The van der Waals surface area contributed by atoms with Gasteiger partial charge in [-0.05, 0) is 30.8 Å². The second kappa shape index (κ2) is 8.70. The van der Waals surface area contributed by atoms with Gasteiger partial charge in [-0.2, -0.15) is 0 Å². The highest BCUT2D eigenvalue weighted by Crippen LogP contribution is 2.28. The lowest BCUT2D eigenvalue weighted by Gasteiger charge is -2.20. The molecular formula is C14H27N. The number of rotatable bonds is 0. The number of hydrogen-bond acceptors (Lipinski definition) is 1. The summed E-state index contributed by atoms with van der Waals surface area (Å²) in [5.41, 5.74) is 2.95. The van der Waals surface area contributed by atoms with Gasteiger partial charge in [-0.25, -0.2) is 0 Å². The van der Waals surface area contributed by atoms with Crippen LogP contribution in [0.2, 0.25) is 0 Å². The van der Waals surface area contributed by atoms with Gasteiger partial charge in [-0.1, -0.05) is 47.1 Å². The number of fused-ring (bicyclic) bond motifs is 1. The van der Waals surface area contributed by atoms with Gasteiger partial charge in [-0.15, -0.1) is 0 Å². The molecule has 1 aliphatic carbocycles. The molecule has 0 saturated heterocycles. The maximum Gasteiger partial charge on any atom is 0.0580 e. The van der Waals surface area contributed by atoms with Crippen molar-refractivity contribution in [3.8, 4) is 0 Å². The van der Waals surface area contributed by atoms with Crippen LogP contribution in [0.5, 0.6) is 0 Å². The molecule has 88 valence electrons. The standard InChI is InChI=1S/C9H13N.C3H8.C2H6/c1-7-3-2-4-8-5-6-10-9(7)8;1-3-2;1-2/h5,7H,2-4,6H2,1H3;3H2,1-2H3;1-2H3. The Labute approximate surface area is 95.7 Å². The van der Waals surface area contributed by atoms with Crippen LogP contribution in [-0.4, -0.2) is 12.3 Å². The summed E-state index contributed by atoms with van der Waals surface area (Å²) in [7, 11) is 0. The molecule has 0 bridgehead atoms. The molecule has 0 amide bonds. The highest BCUT2D eigenvalue weighted by Gasteiger charge is 2.22. The molecule has 1 saturated carbocycles. The lowest BCUT2D eigenvalue weighted by atomic mass is 9.85. The van der Waals surface area contributed by atoms with Crippen LogP contribution in [0.4, 0.5) is 0 Å². The zero-order chi connectivity index (χ0) is 11.7.